The molecule has 3 heterocycles. The van der Waals surface area contributed by atoms with E-state index < -0.39 is 0 Å². The lowest BCUT2D eigenvalue weighted by Gasteiger charge is -2.03. The number of rotatable bonds is 4. The molecular weight excluding hydrogens is 272 g/mol. The van der Waals surface area contributed by atoms with Crippen LogP contribution >= 0.6 is 11.3 Å². The number of carbonyl (C=O) groups excluding carboxylic acids is 1. The Morgan fingerprint density at radius 2 is 2.45 bits per heavy atom. The molecule has 6 heteroatoms. The molecule has 0 saturated carbocycles. The Morgan fingerprint density at radius 3 is 3.25 bits per heavy atom. The zero-order chi connectivity index (χ0) is 13.9. The number of hydrogen-bond donors (Lipinski definition) is 1. The molecule has 0 unspecified atom stereocenters. The van der Waals surface area contributed by atoms with E-state index in [0.717, 1.165) is 35.9 Å². The molecule has 2 aromatic heterocycles. The molecule has 3 rings (SSSR count). The minimum Gasteiger partial charge on any atom is -0.345 e. The van der Waals surface area contributed by atoms with Crippen LogP contribution in [0.4, 0.5) is 0 Å². The fourth-order valence-electron chi connectivity index (χ4n) is 2.27. The molecule has 0 radical (unpaired) electrons. The normalized spacial score (nSPS) is 13.8. The molecule has 0 spiro atoms. The lowest BCUT2D eigenvalue weighted by Crippen LogP contribution is -2.22. The van der Waals surface area contributed by atoms with Gasteiger partial charge in [-0.15, -0.1) is 21.5 Å². The number of nitrogens with one attached hydrogen (secondary N) is 1. The average Bonchev–Trinajstić information content (AvgIpc) is 3.11. The van der Waals surface area contributed by atoms with Crippen molar-refractivity contribution in [2.24, 2.45) is 0 Å². The van der Waals surface area contributed by atoms with Crippen molar-refractivity contribution in [3.05, 3.63) is 39.6 Å². The van der Waals surface area contributed by atoms with Crippen LogP contribution in [0.1, 0.15) is 28.5 Å². The molecule has 0 aliphatic carbocycles. The largest absolute Gasteiger partial charge is 0.345 e. The van der Waals surface area contributed by atoms with E-state index in [9.17, 15) is 4.79 Å². The predicted octanol–water partition coefficient (Wildman–Crippen LogP) is 1.92. The number of aryl methyl sites for hydroxylation is 2. The van der Waals surface area contributed by atoms with Crippen LogP contribution in [0.15, 0.2) is 17.5 Å². The Bertz CT molecular complexity index is 656. The monoisotopic (exact) mass is 288 g/mol. The van der Waals surface area contributed by atoms with Crippen LogP contribution in [0.3, 0.4) is 0 Å². The molecule has 0 atom stereocenters. The van der Waals surface area contributed by atoms with Crippen LogP contribution in [-0.2, 0) is 24.3 Å². The maximum Gasteiger partial charge on any atom is 0.244 e. The van der Waals surface area contributed by atoms with Gasteiger partial charge < -0.3 is 9.88 Å². The summed E-state index contributed by atoms with van der Waals surface area (Å²) in [7, 11) is 0. The Kier molecular flexibility index (Phi) is 3.64. The van der Waals surface area contributed by atoms with Crippen LogP contribution < -0.4 is 5.32 Å². The summed E-state index contributed by atoms with van der Waals surface area (Å²) in [4.78, 5) is 12.9. The Morgan fingerprint density at radius 1 is 1.55 bits per heavy atom. The third-order valence-corrected chi connectivity index (χ3v) is 4.38. The van der Waals surface area contributed by atoms with Gasteiger partial charge in [0, 0.05) is 23.9 Å². The van der Waals surface area contributed by atoms with Crippen molar-refractivity contribution in [3.63, 3.8) is 0 Å². The lowest BCUT2D eigenvalue weighted by atomic mass is 10.3. The quantitative estimate of drug-likeness (QED) is 0.874. The van der Waals surface area contributed by atoms with Crippen molar-refractivity contribution in [1.82, 2.24) is 20.1 Å². The van der Waals surface area contributed by atoms with Crippen LogP contribution in [0.2, 0.25) is 0 Å². The number of hydrogen-bond acceptors (Lipinski definition) is 4. The summed E-state index contributed by atoms with van der Waals surface area (Å²) in [6.45, 7) is 3.42. The van der Waals surface area contributed by atoms with E-state index in [2.05, 4.69) is 20.1 Å². The number of fused-ring (bicyclic) bond motifs is 1. The fourth-order valence-corrected chi connectivity index (χ4v) is 3.09. The van der Waals surface area contributed by atoms with Crippen molar-refractivity contribution in [2.45, 2.75) is 32.9 Å². The third kappa shape index (κ3) is 2.65. The molecule has 0 aromatic carbocycles. The summed E-state index contributed by atoms with van der Waals surface area (Å²) in [5.41, 5.74) is 1.19. The topological polar surface area (TPSA) is 59.8 Å². The number of thiophene rings is 1. The zero-order valence-electron chi connectivity index (χ0n) is 11.3. The number of amides is 1. The van der Waals surface area contributed by atoms with Gasteiger partial charge in [0.2, 0.25) is 5.91 Å². The van der Waals surface area contributed by atoms with E-state index in [1.807, 2.05) is 24.4 Å². The first-order valence-electron chi connectivity index (χ1n) is 6.65. The Labute approximate surface area is 121 Å². The Balaban J connectivity index is 1.57. The molecule has 5 nitrogen and oxygen atoms in total. The summed E-state index contributed by atoms with van der Waals surface area (Å²) in [6.07, 6.45) is 5.52. The summed E-state index contributed by atoms with van der Waals surface area (Å²) >= 11 is 1.63. The molecule has 104 valence electrons. The summed E-state index contributed by atoms with van der Waals surface area (Å²) < 4.78 is 2.09. The van der Waals surface area contributed by atoms with Crippen molar-refractivity contribution >= 4 is 23.3 Å². The molecule has 0 fully saturated rings. The maximum absolute atomic E-state index is 11.8. The van der Waals surface area contributed by atoms with Gasteiger partial charge in [-0.2, -0.15) is 0 Å². The Hall–Kier alpha value is -1.95. The predicted molar refractivity (Wildman–Crippen MR) is 78.3 cm³/mol. The van der Waals surface area contributed by atoms with Gasteiger partial charge >= 0.3 is 0 Å². The average molecular weight is 288 g/mol. The van der Waals surface area contributed by atoms with Gasteiger partial charge in [-0.05, 0) is 36.4 Å². The van der Waals surface area contributed by atoms with Crippen molar-refractivity contribution in [3.8, 4) is 0 Å². The van der Waals surface area contributed by atoms with E-state index in [1.165, 1.54) is 5.56 Å². The molecule has 1 aliphatic heterocycles. The van der Waals surface area contributed by atoms with E-state index in [4.69, 9.17) is 0 Å². The van der Waals surface area contributed by atoms with Gasteiger partial charge in [0.15, 0.2) is 5.82 Å². The number of aromatic nitrogens is 3. The zero-order valence-corrected chi connectivity index (χ0v) is 12.1. The van der Waals surface area contributed by atoms with E-state index in [1.54, 1.807) is 17.4 Å². The molecular formula is C14H16N4OS. The molecule has 0 bridgehead atoms. The van der Waals surface area contributed by atoms with Crippen molar-refractivity contribution < 1.29 is 4.79 Å². The first-order chi connectivity index (χ1) is 9.74. The van der Waals surface area contributed by atoms with Gasteiger partial charge in [-0.25, -0.2) is 0 Å². The van der Waals surface area contributed by atoms with Crippen LogP contribution in [0, 0.1) is 6.92 Å². The molecule has 2 aromatic rings. The standard InChI is InChI=1S/C14H16N4OS/c1-10-6-8-20-11(10)4-5-14(19)15-9-13-17-16-12-3-2-7-18(12)13/h4-6,8H,2-3,7,9H2,1H3,(H,15,19)/b5-4+. The third-order valence-electron chi connectivity index (χ3n) is 3.39. The van der Waals surface area contributed by atoms with E-state index >= 15 is 0 Å². The minimum absolute atomic E-state index is 0.104. The van der Waals surface area contributed by atoms with Crippen LogP contribution in [-0.4, -0.2) is 20.7 Å². The highest BCUT2D eigenvalue weighted by Crippen LogP contribution is 2.17. The summed E-state index contributed by atoms with van der Waals surface area (Å²) in [5, 5.41) is 13.1. The second-order valence-corrected chi connectivity index (χ2v) is 5.75. The number of carbonyl (C=O) groups is 1. The van der Waals surface area contributed by atoms with Crippen molar-refractivity contribution in [1.29, 1.82) is 0 Å². The molecule has 20 heavy (non-hydrogen) atoms. The molecule has 1 N–H and O–H groups in total. The number of nitrogens with zero attached hydrogens (tertiary/aromatic N) is 3. The second-order valence-electron chi connectivity index (χ2n) is 4.81. The van der Waals surface area contributed by atoms with Gasteiger partial charge in [0.05, 0.1) is 6.54 Å². The smallest absolute Gasteiger partial charge is 0.244 e. The van der Waals surface area contributed by atoms with Crippen LogP contribution in [0.25, 0.3) is 6.08 Å². The maximum atomic E-state index is 11.8. The summed E-state index contributed by atoms with van der Waals surface area (Å²) in [6, 6.07) is 2.04. The fraction of sp³-hybridized carbons (Fsp3) is 0.357. The SMILES string of the molecule is Cc1ccsc1/C=C/C(=O)NCc1nnc2n1CCC2. The first kappa shape index (κ1) is 13.1. The summed E-state index contributed by atoms with van der Waals surface area (Å²) in [5.74, 6) is 1.76. The van der Waals surface area contributed by atoms with Gasteiger partial charge in [0.1, 0.15) is 5.82 Å². The van der Waals surface area contributed by atoms with Crippen molar-refractivity contribution in [2.75, 3.05) is 0 Å². The van der Waals surface area contributed by atoms with E-state index in [-0.39, 0.29) is 5.91 Å². The second kappa shape index (κ2) is 5.58. The molecule has 0 saturated heterocycles. The minimum atomic E-state index is -0.104. The first-order valence-corrected chi connectivity index (χ1v) is 7.53. The van der Waals surface area contributed by atoms with Gasteiger partial charge in [-0.3, -0.25) is 4.79 Å². The van der Waals surface area contributed by atoms with E-state index in [0.29, 0.717) is 6.54 Å². The molecule has 1 amide bonds. The van der Waals surface area contributed by atoms with Gasteiger partial charge in [-0.1, -0.05) is 0 Å². The highest BCUT2D eigenvalue weighted by Gasteiger charge is 2.16. The highest BCUT2D eigenvalue weighted by atomic mass is 32.1. The van der Waals surface area contributed by atoms with Gasteiger partial charge in [0.25, 0.3) is 0 Å². The lowest BCUT2D eigenvalue weighted by molar-refractivity contribution is -0.116. The highest BCUT2D eigenvalue weighted by molar-refractivity contribution is 7.11. The van der Waals surface area contributed by atoms with Crippen LogP contribution in [0.5, 0.6) is 0 Å². The molecule has 1 aliphatic rings.